The lowest BCUT2D eigenvalue weighted by molar-refractivity contribution is 0.0594. The van der Waals surface area contributed by atoms with Crippen LogP contribution >= 0.6 is 0 Å². The number of nitrogens with zero attached hydrogens (tertiary/aromatic N) is 2. The third kappa shape index (κ3) is 2.48. The molecule has 0 bridgehead atoms. The highest BCUT2D eigenvalue weighted by atomic mass is 16.5. The molecule has 110 valence electrons. The third-order valence-corrected chi connectivity index (χ3v) is 3.43. The molecule has 0 unspecified atom stereocenters. The first-order valence-electron chi connectivity index (χ1n) is 6.83. The molecule has 5 nitrogen and oxygen atoms in total. The van der Waals surface area contributed by atoms with Gasteiger partial charge in [0, 0.05) is 10.9 Å². The first-order chi connectivity index (χ1) is 10.7. The zero-order valence-electron chi connectivity index (χ0n) is 12.0. The van der Waals surface area contributed by atoms with Crippen molar-refractivity contribution >= 4 is 22.7 Å². The molecule has 22 heavy (non-hydrogen) atoms. The fourth-order valence-corrected chi connectivity index (χ4v) is 2.35. The quantitative estimate of drug-likeness (QED) is 0.548. The van der Waals surface area contributed by atoms with Gasteiger partial charge in [0.25, 0.3) is 0 Å². The fourth-order valence-electron chi connectivity index (χ4n) is 2.35. The lowest BCUT2D eigenvalue weighted by Crippen LogP contribution is -2.12. The summed E-state index contributed by atoms with van der Waals surface area (Å²) in [6, 6.07) is 16.3. The number of ketones is 1. The van der Waals surface area contributed by atoms with Crippen molar-refractivity contribution in [1.82, 2.24) is 9.78 Å². The van der Waals surface area contributed by atoms with E-state index < -0.39 is 5.97 Å². The SMILES string of the molecule is COC(=O)c1nn(CC(=O)c2ccccc2)c2ccccc12. The molecule has 0 saturated carbocycles. The number of aromatic nitrogens is 2. The van der Waals surface area contributed by atoms with E-state index in [0.717, 1.165) is 5.52 Å². The molecule has 0 aliphatic carbocycles. The van der Waals surface area contributed by atoms with E-state index in [0.29, 0.717) is 10.9 Å². The van der Waals surface area contributed by atoms with E-state index in [1.165, 1.54) is 11.8 Å². The van der Waals surface area contributed by atoms with E-state index in [9.17, 15) is 9.59 Å². The molecule has 1 heterocycles. The second-order valence-corrected chi connectivity index (χ2v) is 4.80. The fraction of sp³-hybridized carbons (Fsp3) is 0.118. The Hall–Kier alpha value is -2.95. The van der Waals surface area contributed by atoms with Gasteiger partial charge in [-0.15, -0.1) is 0 Å². The van der Waals surface area contributed by atoms with Crippen LogP contribution in [0.2, 0.25) is 0 Å². The van der Waals surface area contributed by atoms with E-state index in [1.54, 1.807) is 18.2 Å². The Labute approximate surface area is 127 Å². The lowest BCUT2D eigenvalue weighted by Gasteiger charge is -2.03. The molecule has 3 aromatic rings. The van der Waals surface area contributed by atoms with Crippen LogP contribution in [0.4, 0.5) is 0 Å². The average Bonchev–Trinajstić information content (AvgIpc) is 2.94. The minimum Gasteiger partial charge on any atom is -0.464 e. The molecule has 0 amide bonds. The third-order valence-electron chi connectivity index (χ3n) is 3.43. The van der Waals surface area contributed by atoms with Crippen molar-refractivity contribution in [2.75, 3.05) is 7.11 Å². The Morgan fingerprint density at radius 1 is 1.05 bits per heavy atom. The molecule has 0 spiro atoms. The molecular weight excluding hydrogens is 280 g/mol. The summed E-state index contributed by atoms with van der Waals surface area (Å²) in [6.07, 6.45) is 0. The van der Waals surface area contributed by atoms with Crippen LogP contribution in [0.5, 0.6) is 0 Å². The van der Waals surface area contributed by atoms with Crippen molar-refractivity contribution in [2.24, 2.45) is 0 Å². The van der Waals surface area contributed by atoms with Gasteiger partial charge in [-0.3, -0.25) is 9.48 Å². The molecule has 1 aromatic heterocycles. The standard InChI is InChI=1S/C17H14N2O3/c1-22-17(21)16-13-9-5-6-10-14(13)19(18-16)11-15(20)12-7-3-2-4-8-12/h2-10H,11H2,1H3. The molecule has 2 aromatic carbocycles. The topological polar surface area (TPSA) is 61.2 Å². The Bertz CT molecular complexity index is 837. The largest absolute Gasteiger partial charge is 0.464 e. The first-order valence-corrected chi connectivity index (χ1v) is 6.83. The molecule has 5 heteroatoms. The van der Waals surface area contributed by atoms with Crippen LogP contribution in [-0.2, 0) is 11.3 Å². The van der Waals surface area contributed by atoms with Gasteiger partial charge in [-0.2, -0.15) is 5.10 Å². The highest BCUT2D eigenvalue weighted by molar-refractivity contribution is 6.03. The van der Waals surface area contributed by atoms with E-state index in [-0.39, 0.29) is 18.0 Å². The second kappa shape index (κ2) is 5.81. The van der Waals surface area contributed by atoms with Crippen LogP contribution in [0, 0.1) is 0 Å². The predicted molar refractivity (Wildman–Crippen MR) is 81.8 cm³/mol. The average molecular weight is 294 g/mol. The van der Waals surface area contributed by atoms with Crippen LogP contribution in [0.3, 0.4) is 0 Å². The van der Waals surface area contributed by atoms with Gasteiger partial charge in [0.05, 0.1) is 12.6 Å². The van der Waals surface area contributed by atoms with Gasteiger partial charge in [0.1, 0.15) is 6.54 Å². The number of fused-ring (bicyclic) bond motifs is 1. The molecule has 3 rings (SSSR count). The predicted octanol–water partition coefficient (Wildman–Crippen LogP) is 2.71. The highest BCUT2D eigenvalue weighted by Crippen LogP contribution is 2.19. The molecule has 0 fully saturated rings. The van der Waals surface area contributed by atoms with Gasteiger partial charge in [-0.1, -0.05) is 48.5 Å². The van der Waals surface area contributed by atoms with Crippen LogP contribution in [0.15, 0.2) is 54.6 Å². The molecule has 0 radical (unpaired) electrons. The van der Waals surface area contributed by atoms with Crippen molar-refractivity contribution in [3.05, 3.63) is 65.9 Å². The maximum absolute atomic E-state index is 12.3. The van der Waals surface area contributed by atoms with Crippen molar-refractivity contribution < 1.29 is 14.3 Å². The molecule has 0 aliphatic heterocycles. The number of carbonyl (C=O) groups is 2. The first kappa shape index (κ1) is 14.0. The monoisotopic (exact) mass is 294 g/mol. The van der Waals surface area contributed by atoms with Gasteiger partial charge in [-0.25, -0.2) is 4.79 Å². The molecule has 0 saturated heterocycles. The Morgan fingerprint density at radius 3 is 2.45 bits per heavy atom. The highest BCUT2D eigenvalue weighted by Gasteiger charge is 2.18. The van der Waals surface area contributed by atoms with Gasteiger partial charge >= 0.3 is 5.97 Å². The minimum atomic E-state index is -0.512. The number of hydrogen-bond acceptors (Lipinski definition) is 4. The van der Waals surface area contributed by atoms with Gasteiger partial charge in [-0.05, 0) is 6.07 Å². The van der Waals surface area contributed by atoms with Crippen molar-refractivity contribution in [2.45, 2.75) is 6.54 Å². The van der Waals surface area contributed by atoms with Gasteiger partial charge in [0.2, 0.25) is 0 Å². The molecule has 0 aliphatic rings. The van der Waals surface area contributed by atoms with Gasteiger partial charge < -0.3 is 4.74 Å². The zero-order valence-corrected chi connectivity index (χ0v) is 12.0. The van der Waals surface area contributed by atoms with E-state index in [4.69, 9.17) is 4.74 Å². The van der Waals surface area contributed by atoms with Crippen LogP contribution < -0.4 is 0 Å². The summed E-state index contributed by atoms with van der Waals surface area (Å²) < 4.78 is 6.29. The number of benzene rings is 2. The summed E-state index contributed by atoms with van der Waals surface area (Å²) >= 11 is 0. The summed E-state index contributed by atoms with van der Waals surface area (Å²) in [5.74, 6) is -0.577. The number of esters is 1. The second-order valence-electron chi connectivity index (χ2n) is 4.80. The lowest BCUT2D eigenvalue weighted by atomic mass is 10.1. The summed E-state index contributed by atoms with van der Waals surface area (Å²) in [6.45, 7) is 0.0710. The number of para-hydroxylation sites is 1. The Kier molecular flexibility index (Phi) is 3.70. The Balaban J connectivity index is 2.01. The van der Waals surface area contributed by atoms with Crippen LogP contribution in [0.25, 0.3) is 10.9 Å². The number of carbonyl (C=O) groups excluding carboxylic acids is 2. The molecular formula is C17H14N2O3. The number of ether oxygens (including phenoxy) is 1. The zero-order chi connectivity index (χ0) is 15.5. The smallest absolute Gasteiger partial charge is 0.359 e. The molecule has 0 atom stereocenters. The van der Waals surface area contributed by atoms with Crippen molar-refractivity contribution in [3.8, 4) is 0 Å². The van der Waals surface area contributed by atoms with Crippen LogP contribution in [-0.4, -0.2) is 28.6 Å². The summed E-state index contributed by atoms with van der Waals surface area (Å²) in [5.41, 5.74) is 1.56. The van der Waals surface area contributed by atoms with Crippen molar-refractivity contribution in [3.63, 3.8) is 0 Å². The minimum absolute atomic E-state index is 0.0646. The normalized spacial score (nSPS) is 10.6. The maximum atomic E-state index is 12.3. The Morgan fingerprint density at radius 2 is 1.73 bits per heavy atom. The number of hydrogen-bond donors (Lipinski definition) is 0. The summed E-state index contributed by atoms with van der Waals surface area (Å²) in [4.78, 5) is 24.1. The summed E-state index contributed by atoms with van der Waals surface area (Å²) in [7, 11) is 1.31. The van der Waals surface area contributed by atoms with Crippen LogP contribution in [0.1, 0.15) is 20.8 Å². The van der Waals surface area contributed by atoms with Gasteiger partial charge in [0.15, 0.2) is 11.5 Å². The van der Waals surface area contributed by atoms with Crippen molar-refractivity contribution in [1.29, 1.82) is 0 Å². The summed E-state index contributed by atoms with van der Waals surface area (Å²) in [5, 5.41) is 4.92. The van der Waals surface area contributed by atoms with E-state index in [2.05, 4.69) is 5.10 Å². The van der Waals surface area contributed by atoms with E-state index >= 15 is 0 Å². The number of rotatable bonds is 4. The number of methoxy groups -OCH3 is 1. The molecule has 0 N–H and O–H groups in total. The van der Waals surface area contributed by atoms with E-state index in [1.807, 2.05) is 36.4 Å². The maximum Gasteiger partial charge on any atom is 0.359 e. The number of Topliss-reactive ketones (excluding diaryl/α,β-unsaturated/α-hetero) is 1.